The molecule has 1 aliphatic carbocycles. The Hall–Kier alpha value is -0.820. The highest BCUT2D eigenvalue weighted by Gasteiger charge is 2.31. The van der Waals surface area contributed by atoms with Gasteiger partial charge in [-0.15, -0.1) is 0 Å². The summed E-state index contributed by atoms with van der Waals surface area (Å²) in [6.07, 6.45) is 6.30. The summed E-state index contributed by atoms with van der Waals surface area (Å²) < 4.78 is 0. The molecular weight excluding hydrogens is 196 g/mol. The van der Waals surface area contributed by atoms with Gasteiger partial charge in [0.25, 0.3) is 0 Å². The Morgan fingerprint density at radius 2 is 1.94 bits per heavy atom. The Morgan fingerprint density at radius 3 is 2.44 bits per heavy atom. The van der Waals surface area contributed by atoms with E-state index in [9.17, 15) is 5.11 Å². The molecule has 1 aromatic rings. The first-order chi connectivity index (χ1) is 7.85. The van der Waals surface area contributed by atoms with Crippen molar-refractivity contribution in [1.82, 2.24) is 0 Å². The number of rotatable bonds is 6. The molecule has 0 amide bonds. The van der Waals surface area contributed by atoms with E-state index in [0.29, 0.717) is 12.5 Å². The van der Waals surface area contributed by atoms with Gasteiger partial charge in [-0.3, -0.25) is 0 Å². The number of aryl methyl sites for hydroxylation is 1. The van der Waals surface area contributed by atoms with Gasteiger partial charge < -0.3 is 5.11 Å². The van der Waals surface area contributed by atoms with Crippen LogP contribution in [0.3, 0.4) is 0 Å². The standard InChI is InChI=1S/C15H22O/c1-2-3-4-12-5-7-13(8-6-12)15(11-16)14-9-10-14/h5-8,14-16H,2-4,9-11H2,1H3. The van der Waals surface area contributed by atoms with Crippen LogP contribution in [0.5, 0.6) is 0 Å². The summed E-state index contributed by atoms with van der Waals surface area (Å²) in [6, 6.07) is 8.89. The van der Waals surface area contributed by atoms with Crippen LogP contribution < -0.4 is 0 Å². The van der Waals surface area contributed by atoms with E-state index in [1.165, 1.54) is 43.2 Å². The molecule has 1 saturated carbocycles. The SMILES string of the molecule is CCCCc1ccc(C(CO)C2CC2)cc1. The highest BCUT2D eigenvalue weighted by molar-refractivity contribution is 5.27. The van der Waals surface area contributed by atoms with E-state index in [0.717, 1.165) is 5.92 Å². The molecule has 1 nitrogen and oxygen atoms in total. The van der Waals surface area contributed by atoms with Crippen LogP contribution in [0.25, 0.3) is 0 Å². The molecule has 1 N–H and O–H groups in total. The maximum absolute atomic E-state index is 9.40. The van der Waals surface area contributed by atoms with Crippen molar-refractivity contribution in [3.05, 3.63) is 35.4 Å². The fourth-order valence-corrected chi connectivity index (χ4v) is 2.34. The van der Waals surface area contributed by atoms with Gasteiger partial charge in [0.1, 0.15) is 0 Å². The van der Waals surface area contributed by atoms with Crippen LogP contribution in [-0.4, -0.2) is 11.7 Å². The lowest BCUT2D eigenvalue weighted by Gasteiger charge is -2.13. The van der Waals surface area contributed by atoms with Gasteiger partial charge in [0.05, 0.1) is 6.61 Å². The van der Waals surface area contributed by atoms with Crippen molar-refractivity contribution in [3.8, 4) is 0 Å². The average molecular weight is 218 g/mol. The predicted octanol–water partition coefficient (Wildman–Crippen LogP) is 3.52. The second-order valence-corrected chi connectivity index (χ2v) is 4.97. The van der Waals surface area contributed by atoms with Crippen molar-refractivity contribution in [2.45, 2.75) is 44.9 Å². The lowest BCUT2D eigenvalue weighted by atomic mass is 9.93. The van der Waals surface area contributed by atoms with Crippen molar-refractivity contribution in [2.24, 2.45) is 5.92 Å². The molecule has 88 valence electrons. The van der Waals surface area contributed by atoms with Crippen molar-refractivity contribution in [1.29, 1.82) is 0 Å². The molecule has 2 rings (SSSR count). The lowest BCUT2D eigenvalue weighted by Crippen LogP contribution is -2.06. The zero-order valence-electron chi connectivity index (χ0n) is 10.2. The minimum absolute atomic E-state index is 0.305. The Balaban J connectivity index is 1.99. The van der Waals surface area contributed by atoms with Gasteiger partial charge in [-0.1, -0.05) is 37.6 Å². The maximum Gasteiger partial charge on any atom is 0.0502 e. The molecule has 1 fully saturated rings. The van der Waals surface area contributed by atoms with Gasteiger partial charge >= 0.3 is 0 Å². The topological polar surface area (TPSA) is 20.2 Å². The minimum Gasteiger partial charge on any atom is -0.396 e. The predicted molar refractivity (Wildman–Crippen MR) is 67.6 cm³/mol. The highest BCUT2D eigenvalue weighted by Crippen LogP contribution is 2.42. The van der Waals surface area contributed by atoms with Crippen LogP contribution in [0, 0.1) is 5.92 Å². The molecule has 16 heavy (non-hydrogen) atoms. The molecule has 1 heteroatoms. The average Bonchev–Trinajstić information content (AvgIpc) is 3.13. The van der Waals surface area contributed by atoms with Gasteiger partial charge in [0.15, 0.2) is 0 Å². The summed E-state index contributed by atoms with van der Waals surface area (Å²) in [5.74, 6) is 1.13. The van der Waals surface area contributed by atoms with E-state index < -0.39 is 0 Å². The summed E-state index contributed by atoms with van der Waals surface area (Å²) in [4.78, 5) is 0. The smallest absolute Gasteiger partial charge is 0.0502 e. The Labute approximate surface area is 98.5 Å². The van der Waals surface area contributed by atoms with Gasteiger partial charge in [0, 0.05) is 5.92 Å². The number of unbranched alkanes of at least 4 members (excludes halogenated alkanes) is 1. The van der Waals surface area contributed by atoms with Gasteiger partial charge in [0.2, 0.25) is 0 Å². The minimum atomic E-state index is 0.305. The zero-order valence-corrected chi connectivity index (χ0v) is 10.2. The molecule has 0 radical (unpaired) electrons. The third-order valence-electron chi connectivity index (χ3n) is 3.61. The van der Waals surface area contributed by atoms with Crippen molar-refractivity contribution >= 4 is 0 Å². The largest absolute Gasteiger partial charge is 0.396 e. The summed E-state index contributed by atoms with van der Waals surface area (Å²) in [7, 11) is 0. The number of benzene rings is 1. The van der Waals surface area contributed by atoms with E-state index >= 15 is 0 Å². The molecule has 1 aliphatic rings. The molecule has 0 heterocycles. The fraction of sp³-hybridized carbons (Fsp3) is 0.600. The van der Waals surface area contributed by atoms with Crippen molar-refractivity contribution in [2.75, 3.05) is 6.61 Å². The number of hydrogen-bond acceptors (Lipinski definition) is 1. The molecular formula is C15H22O. The van der Waals surface area contributed by atoms with Crippen LogP contribution >= 0.6 is 0 Å². The van der Waals surface area contributed by atoms with Crippen LogP contribution in [0.2, 0.25) is 0 Å². The van der Waals surface area contributed by atoms with Gasteiger partial charge in [-0.05, 0) is 42.7 Å². The van der Waals surface area contributed by atoms with Crippen molar-refractivity contribution in [3.63, 3.8) is 0 Å². The van der Waals surface area contributed by atoms with Gasteiger partial charge in [-0.25, -0.2) is 0 Å². The molecule has 1 atom stereocenters. The Kier molecular flexibility index (Phi) is 4.00. The second kappa shape index (κ2) is 5.49. The third-order valence-corrected chi connectivity index (χ3v) is 3.61. The van der Waals surface area contributed by atoms with E-state index in [1.807, 2.05) is 0 Å². The summed E-state index contributed by atoms with van der Waals surface area (Å²) in [5.41, 5.74) is 2.75. The number of hydrogen-bond donors (Lipinski definition) is 1. The number of aliphatic hydroxyl groups excluding tert-OH is 1. The first kappa shape index (κ1) is 11.7. The lowest BCUT2D eigenvalue weighted by molar-refractivity contribution is 0.253. The summed E-state index contributed by atoms with van der Waals surface area (Å²) in [5, 5.41) is 9.40. The van der Waals surface area contributed by atoms with E-state index in [4.69, 9.17) is 0 Å². The fourth-order valence-electron chi connectivity index (χ4n) is 2.34. The summed E-state index contributed by atoms with van der Waals surface area (Å²) in [6.45, 7) is 2.53. The van der Waals surface area contributed by atoms with E-state index in [-0.39, 0.29) is 0 Å². The number of aliphatic hydroxyl groups is 1. The molecule has 0 spiro atoms. The second-order valence-electron chi connectivity index (χ2n) is 4.97. The quantitative estimate of drug-likeness (QED) is 0.774. The molecule has 1 aromatic carbocycles. The maximum atomic E-state index is 9.40. The first-order valence-electron chi connectivity index (χ1n) is 6.55. The first-order valence-corrected chi connectivity index (χ1v) is 6.55. The third kappa shape index (κ3) is 2.85. The normalized spacial score (nSPS) is 17.4. The van der Waals surface area contributed by atoms with Crippen LogP contribution in [0.15, 0.2) is 24.3 Å². The van der Waals surface area contributed by atoms with Crippen LogP contribution in [0.4, 0.5) is 0 Å². The highest BCUT2D eigenvalue weighted by atomic mass is 16.3. The zero-order chi connectivity index (χ0) is 11.4. The Bertz CT molecular complexity index is 311. The van der Waals surface area contributed by atoms with Gasteiger partial charge in [-0.2, -0.15) is 0 Å². The Morgan fingerprint density at radius 1 is 1.25 bits per heavy atom. The molecule has 0 saturated heterocycles. The molecule has 1 unspecified atom stereocenters. The van der Waals surface area contributed by atoms with Crippen molar-refractivity contribution < 1.29 is 5.11 Å². The van der Waals surface area contributed by atoms with E-state index in [1.54, 1.807) is 0 Å². The van der Waals surface area contributed by atoms with Crippen LogP contribution in [0.1, 0.15) is 49.7 Å². The van der Waals surface area contributed by atoms with E-state index in [2.05, 4.69) is 31.2 Å². The summed E-state index contributed by atoms with van der Waals surface area (Å²) >= 11 is 0. The van der Waals surface area contributed by atoms with Crippen LogP contribution in [-0.2, 0) is 6.42 Å². The molecule has 0 aliphatic heterocycles. The molecule has 0 aromatic heterocycles. The monoisotopic (exact) mass is 218 g/mol. The molecule has 0 bridgehead atoms.